The van der Waals surface area contributed by atoms with E-state index in [1.54, 1.807) is 12.1 Å². The largest absolute Gasteiger partial charge is 0.485 e. The van der Waals surface area contributed by atoms with Gasteiger partial charge in [-0.15, -0.1) is 10.2 Å². The Bertz CT molecular complexity index is 590. The Hall–Kier alpha value is -2.70. The molecule has 2 aromatic heterocycles. The van der Waals surface area contributed by atoms with Gasteiger partial charge in [0.2, 0.25) is 24.5 Å². The van der Waals surface area contributed by atoms with Gasteiger partial charge >= 0.3 is 0 Å². The van der Waals surface area contributed by atoms with E-state index in [4.69, 9.17) is 9.15 Å². The summed E-state index contributed by atoms with van der Waals surface area (Å²) in [4.78, 5) is 3.85. The minimum Gasteiger partial charge on any atom is -0.485 e. The van der Waals surface area contributed by atoms with Gasteiger partial charge in [-0.3, -0.25) is 0 Å². The van der Waals surface area contributed by atoms with Crippen molar-refractivity contribution >= 4 is 0 Å². The molecule has 0 fully saturated rings. The molecule has 0 radical (unpaired) electrons. The minimum atomic E-state index is 0.260. The second-order valence-corrected chi connectivity index (χ2v) is 3.40. The van der Waals surface area contributed by atoms with Crippen LogP contribution in [0.25, 0.3) is 11.5 Å². The molecular formula is C11H8N4O3. The van der Waals surface area contributed by atoms with Crippen LogP contribution in [0.4, 0.5) is 0 Å². The summed E-state index contributed by atoms with van der Waals surface area (Å²) >= 11 is 0. The van der Waals surface area contributed by atoms with E-state index < -0.39 is 0 Å². The number of nitrogens with zero attached hydrogens (tertiary/aromatic N) is 4. The van der Waals surface area contributed by atoms with Crippen molar-refractivity contribution in [2.45, 2.75) is 6.61 Å². The van der Waals surface area contributed by atoms with E-state index in [9.17, 15) is 0 Å². The average molecular weight is 244 g/mol. The highest BCUT2D eigenvalue weighted by Gasteiger charge is 2.04. The second-order valence-electron chi connectivity index (χ2n) is 3.40. The molecule has 0 saturated heterocycles. The molecule has 0 atom stereocenters. The molecular weight excluding hydrogens is 236 g/mol. The van der Waals surface area contributed by atoms with E-state index in [0.717, 1.165) is 5.56 Å². The van der Waals surface area contributed by atoms with E-state index in [1.807, 2.05) is 12.1 Å². The number of hydrogen-bond acceptors (Lipinski definition) is 7. The van der Waals surface area contributed by atoms with Crippen molar-refractivity contribution in [3.63, 3.8) is 0 Å². The normalized spacial score (nSPS) is 10.4. The fraction of sp³-hybridized carbons (Fsp3) is 0.0909. The molecule has 0 aliphatic rings. The maximum Gasteiger partial charge on any atom is 0.247 e. The van der Waals surface area contributed by atoms with Crippen molar-refractivity contribution in [1.82, 2.24) is 20.3 Å². The molecule has 0 N–H and O–H groups in total. The Kier molecular flexibility index (Phi) is 2.71. The first-order chi connectivity index (χ1) is 8.92. The lowest BCUT2D eigenvalue weighted by Crippen LogP contribution is -1.97. The van der Waals surface area contributed by atoms with Crippen LogP contribution in [-0.2, 0) is 6.61 Å². The Morgan fingerprint density at radius 2 is 2.00 bits per heavy atom. The van der Waals surface area contributed by atoms with Crippen LogP contribution in [0.3, 0.4) is 0 Å². The summed E-state index contributed by atoms with van der Waals surface area (Å²) < 4.78 is 15.2. The van der Waals surface area contributed by atoms with Crippen molar-refractivity contribution < 1.29 is 13.7 Å². The summed E-state index contributed by atoms with van der Waals surface area (Å²) in [6.07, 6.45) is 2.55. The standard InChI is InChI=1S/C11H8N4O3/c1-3-9(16-5-10-12-6-18-15-10)4-2-8(1)11-14-13-7-17-11/h1-4,6-7H,5H2. The molecule has 0 spiro atoms. The third-order valence-electron chi connectivity index (χ3n) is 2.24. The predicted molar refractivity (Wildman–Crippen MR) is 58.4 cm³/mol. The summed E-state index contributed by atoms with van der Waals surface area (Å²) in [5.74, 6) is 1.67. The molecule has 0 bridgehead atoms. The zero-order valence-corrected chi connectivity index (χ0v) is 9.18. The summed E-state index contributed by atoms with van der Waals surface area (Å²) in [7, 11) is 0. The lowest BCUT2D eigenvalue weighted by atomic mass is 10.2. The lowest BCUT2D eigenvalue weighted by Gasteiger charge is -2.03. The molecule has 7 nitrogen and oxygen atoms in total. The number of benzene rings is 1. The number of hydrogen-bond donors (Lipinski definition) is 0. The lowest BCUT2D eigenvalue weighted by molar-refractivity contribution is 0.286. The molecule has 0 unspecified atom stereocenters. The van der Waals surface area contributed by atoms with Crippen LogP contribution in [0.5, 0.6) is 5.75 Å². The van der Waals surface area contributed by atoms with E-state index >= 15 is 0 Å². The van der Waals surface area contributed by atoms with Crippen molar-refractivity contribution in [1.29, 1.82) is 0 Å². The van der Waals surface area contributed by atoms with Gasteiger partial charge in [0.25, 0.3) is 0 Å². The first kappa shape index (κ1) is 10.5. The Balaban J connectivity index is 1.68. The zero-order valence-electron chi connectivity index (χ0n) is 9.18. The van der Waals surface area contributed by atoms with E-state index in [0.29, 0.717) is 17.5 Å². The van der Waals surface area contributed by atoms with Gasteiger partial charge in [0.15, 0.2) is 6.61 Å². The van der Waals surface area contributed by atoms with Gasteiger partial charge in [-0.25, -0.2) is 0 Å². The van der Waals surface area contributed by atoms with Crippen molar-refractivity contribution in [2.75, 3.05) is 0 Å². The monoisotopic (exact) mass is 244 g/mol. The van der Waals surface area contributed by atoms with Crippen molar-refractivity contribution in [3.05, 3.63) is 42.9 Å². The summed E-state index contributed by atoms with van der Waals surface area (Å²) in [5, 5.41) is 11.1. The molecule has 18 heavy (non-hydrogen) atoms. The van der Waals surface area contributed by atoms with Crippen LogP contribution in [0.1, 0.15) is 5.82 Å². The van der Waals surface area contributed by atoms with Gasteiger partial charge in [-0.2, -0.15) is 4.98 Å². The van der Waals surface area contributed by atoms with Gasteiger partial charge < -0.3 is 13.7 Å². The van der Waals surface area contributed by atoms with Crippen LogP contribution in [0.15, 0.2) is 46.0 Å². The Morgan fingerprint density at radius 1 is 1.11 bits per heavy atom. The minimum absolute atomic E-state index is 0.260. The summed E-state index contributed by atoms with van der Waals surface area (Å²) in [6, 6.07) is 7.28. The average Bonchev–Trinajstić information content (AvgIpc) is 3.10. The molecule has 3 aromatic rings. The quantitative estimate of drug-likeness (QED) is 0.690. The molecule has 1 aromatic carbocycles. The zero-order chi connectivity index (χ0) is 12.2. The van der Waals surface area contributed by atoms with Crippen LogP contribution in [0, 0.1) is 0 Å². The van der Waals surface area contributed by atoms with Crippen LogP contribution < -0.4 is 4.74 Å². The smallest absolute Gasteiger partial charge is 0.247 e. The SMILES string of the molecule is c1nc(COc2ccc(-c3nnco3)cc2)no1. The molecule has 2 heterocycles. The van der Waals surface area contributed by atoms with Gasteiger partial charge in [0.1, 0.15) is 5.75 Å². The first-order valence-corrected chi connectivity index (χ1v) is 5.16. The fourth-order valence-electron chi connectivity index (χ4n) is 1.40. The van der Waals surface area contributed by atoms with Gasteiger partial charge in [0.05, 0.1) is 0 Å². The highest BCUT2D eigenvalue weighted by atomic mass is 16.5. The van der Waals surface area contributed by atoms with Crippen LogP contribution in [-0.4, -0.2) is 20.3 Å². The Labute approximate surface area is 101 Å². The molecule has 7 heteroatoms. The van der Waals surface area contributed by atoms with Crippen molar-refractivity contribution in [2.24, 2.45) is 0 Å². The second kappa shape index (κ2) is 4.66. The summed E-state index contributed by atoms with van der Waals surface area (Å²) in [6.45, 7) is 0.260. The number of aromatic nitrogens is 4. The first-order valence-electron chi connectivity index (χ1n) is 5.16. The maximum absolute atomic E-state index is 5.47. The molecule has 0 amide bonds. The fourth-order valence-corrected chi connectivity index (χ4v) is 1.40. The highest BCUT2D eigenvalue weighted by Crippen LogP contribution is 2.20. The molecule has 0 aliphatic carbocycles. The Morgan fingerprint density at radius 3 is 2.67 bits per heavy atom. The van der Waals surface area contributed by atoms with E-state index in [-0.39, 0.29) is 6.61 Å². The van der Waals surface area contributed by atoms with E-state index in [2.05, 4.69) is 24.9 Å². The van der Waals surface area contributed by atoms with Crippen LogP contribution >= 0.6 is 0 Å². The van der Waals surface area contributed by atoms with Gasteiger partial charge in [-0.1, -0.05) is 5.16 Å². The molecule has 3 rings (SSSR count). The van der Waals surface area contributed by atoms with E-state index in [1.165, 1.54) is 12.8 Å². The number of ether oxygens (including phenoxy) is 1. The van der Waals surface area contributed by atoms with Crippen molar-refractivity contribution in [3.8, 4) is 17.2 Å². The molecule has 0 aliphatic heterocycles. The van der Waals surface area contributed by atoms with Gasteiger partial charge in [0, 0.05) is 5.56 Å². The third kappa shape index (κ3) is 2.19. The molecule has 0 saturated carbocycles. The summed E-state index contributed by atoms with van der Waals surface area (Å²) in [5.41, 5.74) is 0.833. The maximum atomic E-state index is 5.47. The topological polar surface area (TPSA) is 87.1 Å². The number of rotatable bonds is 4. The molecule has 90 valence electrons. The predicted octanol–water partition coefficient (Wildman–Crippen LogP) is 1.70. The van der Waals surface area contributed by atoms with Gasteiger partial charge in [-0.05, 0) is 24.3 Å². The highest BCUT2D eigenvalue weighted by molar-refractivity contribution is 5.53. The van der Waals surface area contributed by atoms with Crippen LogP contribution in [0.2, 0.25) is 0 Å². The third-order valence-corrected chi connectivity index (χ3v) is 2.24.